The van der Waals surface area contributed by atoms with E-state index >= 15 is 0 Å². The Morgan fingerprint density at radius 1 is 1.55 bits per heavy atom. The molecule has 1 amide bonds. The third-order valence-electron chi connectivity index (χ3n) is 3.92. The molecule has 20 heavy (non-hydrogen) atoms. The summed E-state index contributed by atoms with van der Waals surface area (Å²) in [6.45, 7) is 8.44. The van der Waals surface area contributed by atoms with E-state index in [1.807, 2.05) is 24.1 Å². The molecule has 0 aliphatic carbocycles. The number of ether oxygens (including phenoxy) is 1. The standard InChI is InChI=1S/C15H19N3O2/c1-3-14(19)17-5-6-18-12(10-17)4-7-20-13-8-11(2)9-16-15(13)18/h3,8-9,12H,1,4-7,10H2,2H3/t12-/m1/s1. The predicted molar refractivity (Wildman–Crippen MR) is 77.0 cm³/mol. The van der Waals surface area contributed by atoms with E-state index in [0.29, 0.717) is 19.7 Å². The topological polar surface area (TPSA) is 45.7 Å². The van der Waals surface area contributed by atoms with Crippen molar-refractivity contribution in [2.24, 2.45) is 0 Å². The van der Waals surface area contributed by atoms with Crippen LogP contribution in [-0.4, -0.2) is 48.1 Å². The quantitative estimate of drug-likeness (QED) is 0.725. The van der Waals surface area contributed by atoms with Crippen LogP contribution in [0.4, 0.5) is 5.82 Å². The average molecular weight is 273 g/mol. The molecule has 0 N–H and O–H groups in total. The van der Waals surface area contributed by atoms with Crippen molar-refractivity contribution in [1.29, 1.82) is 0 Å². The monoisotopic (exact) mass is 273 g/mol. The fraction of sp³-hybridized carbons (Fsp3) is 0.467. The van der Waals surface area contributed by atoms with Crippen molar-refractivity contribution in [2.75, 3.05) is 31.1 Å². The highest BCUT2D eigenvalue weighted by atomic mass is 16.5. The van der Waals surface area contributed by atoms with Crippen molar-refractivity contribution >= 4 is 11.7 Å². The molecule has 3 heterocycles. The zero-order valence-electron chi connectivity index (χ0n) is 11.7. The number of anilines is 1. The second-order valence-corrected chi connectivity index (χ2v) is 5.31. The zero-order chi connectivity index (χ0) is 14.1. The summed E-state index contributed by atoms with van der Waals surface area (Å²) in [6.07, 6.45) is 4.15. The Morgan fingerprint density at radius 2 is 2.40 bits per heavy atom. The molecule has 1 fully saturated rings. The van der Waals surface area contributed by atoms with E-state index in [4.69, 9.17) is 4.74 Å². The molecule has 2 aliphatic heterocycles. The highest BCUT2D eigenvalue weighted by molar-refractivity contribution is 5.87. The Labute approximate surface area is 118 Å². The summed E-state index contributed by atoms with van der Waals surface area (Å²) < 4.78 is 5.82. The molecule has 0 radical (unpaired) electrons. The lowest BCUT2D eigenvalue weighted by atomic mass is 10.1. The summed E-state index contributed by atoms with van der Waals surface area (Å²) in [4.78, 5) is 20.4. The Bertz CT molecular complexity index is 544. The molecule has 0 saturated carbocycles. The molecule has 0 unspecified atom stereocenters. The van der Waals surface area contributed by atoms with Gasteiger partial charge in [-0.1, -0.05) is 6.58 Å². The molecule has 1 aromatic heterocycles. The van der Waals surface area contributed by atoms with Crippen molar-refractivity contribution in [3.63, 3.8) is 0 Å². The van der Waals surface area contributed by atoms with Crippen LogP contribution in [0, 0.1) is 6.92 Å². The van der Waals surface area contributed by atoms with Gasteiger partial charge in [-0.15, -0.1) is 0 Å². The van der Waals surface area contributed by atoms with E-state index in [2.05, 4.69) is 16.5 Å². The van der Waals surface area contributed by atoms with Gasteiger partial charge in [0.05, 0.1) is 12.6 Å². The minimum absolute atomic E-state index is 0.00639. The van der Waals surface area contributed by atoms with Gasteiger partial charge < -0.3 is 14.5 Å². The molecule has 1 atom stereocenters. The Hall–Kier alpha value is -2.04. The number of aryl methyl sites for hydroxylation is 1. The minimum atomic E-state index is 0.00639. The number of piperazine rings is 1. The third-order valence-corrected chi connectivity index (χ3v) is 3.92. The van der Waals surface area contributed by atoms with Gasteiger partial charge >= 0.3 is 0 Å². The first-order chi connectivity index (χ1) is 9.69. The maximum Gasteiger partial charge on any atom is 0.246 e. The first-order valence-corrected chi connectivity index (χ1v) is 6.96. The lowest BCUT2D eigenvalue weighted by Gasteiger charge is -2.40. The van der Waals surface area contributed by atoms with Gasteiger partial charge in [0.25, 0.3) is 0 Å². The number of amides is 1. The number of nitrogens with zero attached hydrogens (tertiary/aromatic N) is 3. The van der Waals surface area contributed by atoms with Gasteiger partial charge in [0, 0.05) is 32.3 Å². The largest absolute Gasteiger partial charge is 0.490 e. The van der Waals surface area contributed by atoms with Crippen LogP contribution in [0.25, 0.3) is 0 Å². The van der Waals surface area contributed by atoms with Crippen LogP contribution in [-0.2, 0) is 4.79 Å². The number of hydrogen-bond donors (Lipinski definition) is 0. The van der Waals surface area contributed by atoms with Crippen molar-refractivity contribution in [3.8, 4) is 5.75 Å². The Morgan fingerprint density at radius 3 is 3.20 bits per heavy atom. The van der Waals surface area contributed by atoms with Crippen molar-refractivity contribution in [2.45, 2.75) is 19.4 Å². The number of hydrogen-bond acceptors (Lipinski definition) is 4. The third kappa shape index (κ3) is 2.24. The average Bonchev–Trinajstić information content (AvgIpc) is 2.64. The summed E-state index contributed by atoms with van der Waals surface area (Å²) in [7, 11) is 0. The van der Waals surface area contributed by atoms with E-state index in [1.165, 1.54) is 6.08 Å². The summed E-state index contributed by atoms with van der Waals surface area (Å²) in [5, 5.41) is 0. The number of fused-ring (bicyclic) bond motifs is 3. The van der Waals surface area contributed by atoms with Crippen molar-refractivity contribution in [1.82, 2.24) is 9.88 Å². The minimum Gasteiger partial charge on any atom is -0.490 e. The summed E-state index contributed by atoms with van der Waals surface area (Å²) in [5.74, 6) is 1.77. The molecule has 1 saturated heterocycles. The molecule has 5 heteroatoms. The van der Waals surface area contributed by atoms with Crippen molar-refractivity contribution < 1.29 is 9.53 Å². The Kier molecular flexibility index (Phi) is 3.34. The molecule has 106 valence electrons. The fourth-order valence-corrected chi connectivity index (χ4v) is 2.87. The van der Waals surface area contributed by atoms with Gasteiger partial charge in [0.1, 0.15) is 0 Å². The first-order valence-electron chi connectivity index (χ1n) is 6.96. The van der Waals surface area contributed by atoms with Crippen LogP contribution < -0.4 is 9.64 Å². The SMILES string of the molecule is C=CC(=O)N1CCN2c3ncc(C)cc3OCC[C@@H]2C1. The van der Waals surface area contributed by atoms with E-state index < -0.39 is 0 Å². The van der Waals surface area contributed by atoms with Crippen LogP contribution in [0.1, 0.15) is 12.0 Å². The lowest BCUT2D eigenvalue weighted by Crippen LogP contribution is -2.54. The molecular formula is C15H19N3O2. The number of aromatic nitrogens is 1. The molecular weight excluding hydrogens is 254 g/mol. The predicted octanol–water partition coefficient (Wildman–Crippen LogP) is 1.38. The van der Waals surface area contributed by atoms with Gasteiger partial charge in [0.2, 0.25) is 5.91 Å². The number of pyridine rings is 1. The molecule has 2 aliphatic rings. The van der Waals surface area contributed by atoms with Crippen molar-refractivity contribution in [3.05, 3.63) is 30.5 Å². The van der Waals surface area contributed by atoms with Gasteiger partial charge in [0.15, 0.2) is 11.6 Å². The second-order valence-electron chi connectivity index (χ2n) is 5.31. The molecule has 1 aromatic rings. The van der Waals surface area contributed by atoms with E-state index in [-0.39, 0.29) is 11.9 Å². The van der Waals surface area contributed by atoms with Gasteiger partial charge in [-0.25, -0.2) is 4.98 Å². The second kappa shape index (κ2) is 5.15. The van der Waals surface area contributed by atoms with E-state index in [0.717, 1.165) is 30.1 Å². The molecule has 5 nitrogen and oxygen atoms in total. The molecule has 3 rings (SSSR count). The Balaban J connectivity index is 1.87. The zero-order valence-corrected chi connectivity index (χ0v) is 11.7. The fourth-order valence-electron chi connectivity index (χ4n) is 2.87. The van der Waals surface area contributed by atoms with E-state index in [1.54, 1.807) is 0 Å². The molecule has 0 bridgehead atoms. The van der Waals surface area contributed by atoms with Gasteiger partial charge in [-0.3, -0.25) is 4.79 Å². The highest BCUT2D eigenvalue weighted by Crippen LogP contribution is 2.33. The van der Waals surface area contributed by atoms with Gasteiger partial charge in [-0.2, -0.15) is 0 Å². The van der Waals surface area contributed by atoms with Crippen LogP contribution in [0.2, 0.25) is 0 Å². The summed E-state index contributed by atoms with van der Waals surface area (Å²) in [6, 6.07) is 2.30. The lowest BCUT2D eigenvalue weighted by molar-refractivity contribution is -0.126. The van der Waals surface area contributed by atoms with Crippen LogP contribution in [0.5, 0.6) is 5.75 Å². The van der Waals surface area contributed by atoms with Crippen LogP contribution in [0.3, 0.4) is 0 Å². The molecule has 0 spiro atoms. The normalized spacial score (nSPS) is 21.4. The smallest absolute Gasteiger partial charge is 0.246 e. The number of carbonyl (C=O) groups is 1. The van der Waals surface area contributed by atoms with E-state index in [9.17, 15) is 4.79 Å². The highest BCUT2D eigenvalue weighted by Gasteiger charge is 2.32. The first kappa shape index (κ1) is 13.0. The maximum atomic E-state index is 11.8. The summed E-state index contributed by atoms with van der Waals surface area (Å²) in [5.41, 5.74) is 1.10. The maximum absolute atomic E-state index is 11.8. The number of carbonyl (C=O) groups excluding carboxylic acids is 1. The molecule has 0 aromatic carbocycles. The number of rotatable bonds is 1. The van der Waals surface area contributed by atoms with Crippen LogP contribution in [0.15, 0.2) is 24.9 Å². The summed E-state index contributed by atoms with van der Waals surface area (Å²) >= 11 is 0. The van der Waals surface area contributed by atoms with Crippen LogP contribution >= 0.6 is 0 Å². The van der Waals surface area contributed by atoms with Gasteiger partial charge in [-0.05, 0) is 24.6 Å².